The quantitative estimate of drug-likeness (QED) is 0.202. The zero-order chi connectivity index (χ0) is 30.2. The third-order valence-electron chi connectivity index (χ3n) is 9.52. The Morgan fingerprint density at radius 2 is 1.09 bits per heavy atom. The van der Waals surface area contributed by atoms with E-state index < -0.39 is 5.41 Å². The molecule has 0 saturated heterocycles. The van der Waals surface area contributed by atoms with Gasteiger partial charge in [-0.2, -0.15) is 0 Å². The Balaban J connectivity index is 1.32. The average molecular weight is 598 g/mol. The molecule has 0 N–H and O–H groups in total. The topological polar surface area (TPSA) is 21.1 Å². The Bertz CT molecular complexity index is 2140. The van der Waals surface area contributed by atoms with E-state index >= 15 is 0 Å². The van der Waals surface area contributed by atoms with Crippen molar-refractivity contribution in [1.29, 1.82) is 0 Å². The molecule has 3 heterocycles. The number of hydrogen-bond acceptors (Lipinski definition) is 3. The van der Waals surface area contributed by atoms with Crippen molar-refractivity contribution < 1.29 is 0 Å². The Kier molecular flexibility index (Phi) is 5.69. The maximum atomic E-state index is 5.01. The molecule has 7 aromatic rings. The fraction of sp³-hybridized carbons (Fsp3) is 0.0976. The Labute approximate surface area is 267 Å². The molecule has 0 aliphatic carbocycles. The van der Waals surface area contributed by atoms with Crippen molar-refractivity contribution in [2.75, 3.05) is 4.90 Å². The van der Waals surface area contributed by atoms with Gasteiger partial charge in [0.2, 0.25) is 0 Å². The van der Waals surface area contributed by atoms with E-state index in [1.54, 1.807) is 0 Å². The molecule has 3 nitrogen and oxygen atoms in total. The molecular formula is C41H31N3S. The van der Waals surface area contributed by atoms with E-state index in [-0.39, 0.29) is 4.75 Å². The summed E-state index contributed by atoms with van der Waals surface area (Å²) in [6.07, 6.45) is 0. The first-order chi connectivity index (χ1) is 22.1. The molecule has 4 heteroatoms. The largest absolute Gasteiger partial charge is 0.310 e. The van der Waals surface area contributed by atoms with Crippen molar-refractivity contribution >= 4 is 39.9 Å². The van der Waals surface area contributed by atoms with Gasteiger partial charge >= 0.3 is 0 Å². The van der Waals surface area contributed by atoms with Gasteiger partial charge in [0.1, 0.15) is 0 Å². The molecule has 45 heavy (non-hydrogen) atoms. The van der Waals surface area contributed by atoms with Crippen LogP contribution in [0.2, 0.25) is 0 Å². The molecule has 0 atom stereocenters. The first-order valence-electron chi connectivity index (χ1n) is 15.5. The number of fused-ring (bicyclic) bond motifs is 7. The second-order valence-electron chi connectivity index (χ2n) is 12.4. The van der Waals surface area contributed by atoms with Crippen LogP contribution in [-0.4, -0.2) is 9.55 Å². The van der Waals surface area contributed by atoms with Crippen molar-refractivity contribution in [1.82, 2.24) is 9.55 Å². The van der Waals surface area contributed by atoms with Crippen molar-refractivity contribution in [3.63, 3.8) is 0 Å². The van der Waals surface area contributed by atoms with Gasteiger partial charge in [-0.1, -0.05) is 121 Å². The smallest absolute Gasteiger partial charge is 0.174 e. The molecule has 0 unspecified atom stereocenters. The molecule has 9 rings (SSSR count). The summed E-state index contributed by atoms with van der Waals surface area (Å²) < 4.78 is 2.17. The molecule has 6 aromatic carbocycles. The molecular weight excluding hydrogens is 567 g/mol. The highest BCUT2D eigenvalue weighted by Crippen LogP contribution is 2.58. The van der Waals surface area contributed by atoms with E-state index in [1.807, 2.05) is 11.8 Å². The summed E-state index contributed by atoms with van der Waals surface area (Å²) in [7, 11) is 0. The lowest BCUT2D eigenvalue weighted by molar-refractivity contribution is 0.724. The summed E-state index contributed by atoms with van der Waals surface area (Å²) in [6, 6.07) is 55.3. The minimum absolute atomic E-state index is 0.157. The molecule has 2 aliphatic heterocycles. The molecule has 0 radical (unpaired) electrons. The summed E-state index contributed by atoms with van der Waals surface area (Å²) in [5, 5.41) is 1.05. The lowest BCUT2D eigenvalue weighted by atomic mass is 9.62. The van der Waals surface area contributed by atoms with Crippen LogP contribution in [0.4, 0.5) is 17.1 Å². The van der Waals surface area contributed by atoms with Crippen molar-refractivity contribution in [3.8, 4) is 5.69 Å². The van der Waals surface area contributed by atoms with Gasteiger partial charge in [0, 0.05) is 10.4 Å². The Hall–Kier alpha value is -5.06. The van der Waals surface area contributed by atoms with Gasteiger partial charge < -0.3 is 4.90 Å². The number of imidazole rings is 1. The molecule has 0 amide bonds. The van der Waals surface area contributed by atoms with Gasteiger partial charge in [-0.05, 0) is 84.1 Å². The zero-order valence-electron chi connectivity index (χ0n) is 25.2. The molecule has 0 bridgehead atoms. The van der Waals surface area contributed by atoms with Gasteiger partial charge in [-0.25, -0.2) is 4.98 Å². The molecule has 1 aromatic heterocycles. The van der Waals surface area contributed by atoms with E-state index in [9.17, 15) is 0 Å². The van der Waals surface area contributed by atoms with Crippen molar-refractivity contribution in [2.24, 2.45) is 0 Å². The normalized spacial score (nSPS) is 15.6. The SMILES string of the molecule is CC1(C)Sc2nc3ccccc3n2-c2ccc(N3c4ccccc4C(c4ccccc4)(c4ccccc4)c4ccccc43)cc21. The second-order valence-corrected chi connectivity index (χ2v) is 14.0. The highest BCUT2D eigenvalue weighted by atomic mass is 32.2. The number of benzene rings is 6. The fourth-order valence-electron chi connectivity index (χ4n) is 7.62. The maximum Gasteiger partial charge on any atom is 0.174 e. The van der Waals surface area contributed by atoms with Crippen LogP contribution in [0.1, 0.15) is 41.7 Å². The predicted molar refractivity (Wildman–Crippen MR) is 187 cm³/mol. The lowest BCUT2D eigenvalue weighted by Gasteiger charge is -2.46. The molecule has 216 valence electrons. The van der Waals surface area contributed by atoms with Crippen LogP contribution < -0.4 is 4.90 Å². The van der Waals surface area contributed by atoms with E-state index in [4.69, 9.17) is 4.98 Å². The predicted octanol–water partition coefficient (Wildman–Crippen LogP) is 10.5. The highest BCUT2D eigenvalue weighted by molar-refractivity contribution is 8.00. The number of anilines is 3. The number of para-hydroxylation sites is 4. The van der Waals surface area contributed by atoms with Gasteiger partial charge in [0.15, 0.2) is 5.16 Å². The second kappa shape index (κ2) is 9.72. The third kappa shape index (κ3) is 3.69. The van der Waals surface area contributed by atoms with Crippen LogP contribution in [0.25, 0.3) is 16.7 Å². The summed E-state index contributed by atoms with van der Waals surface area (Å²) in [4.78, 5) is 7.48. The van der Waals surface area contributed by atoms with Gasteiger partial charge in [-0.3, -0.25) is 4.57 Å². The Morgan fingerprint density at radius 3 is 1.73 bits per heavy atom. The number of nitrogens with zero attached hydrogens (tertiary/aromatic N) is 3. The van der Waals surface area contributed by atoms with E-state index in [1.165, 1.54) is 44.9 Å². The van der Waals surface area contributed by atoms with E-state index in [0.717, 1.165) is 21.9 Å². The minimum Gasteiger partial charge on any atom is -0.310 e. The number of aromatic nitrogens is 2. The van der Waals surface area contributed by atoms with Gasteiger partial charge in [-0.15, -0.1) is 0 Å². The summed E-state index contributed by atoms with van der Waals surface area (Å²) in [5.74, 6) is 0. The Morgan fingerprint density at radius 1 is 0.533 bits per heavy atom. The van der Waals surface area contributed by atoms with Crippen molar-refractivity contribution in [2.45, 2.75) is 29.2 Å². The van der Waals surface area contributed by atoms with Crippen LogP contribution in [0.15, 0.2) is 157 Å². The fourth-order valence-corrected chi connectivity index (χ4v) is 8.78. The zero-order valence-corrected chi connectivity index (χ0v) is 26.0. The molecule has 0 saturated carbocycles. The van der Waals surface area contributed by atoms with Gasteiger partial charge in [0.05, 0.1) is 33.5 Å². The van der Waals surface area contributed by atoms with Crippen LogP contribution in [0, 0.1) is 0 Å². The first kappa shape index (κ1) is 26.4. The first-order valence-corrected chi connectivity index (χ1v) is 16.3. The number of hydrogen-bond donors (Lipinski definition) is 0. The van der Waals surface area contributed by atoms with Crippen LogP contribution in [-0.2, 0) is 10.2 Å². The standard InChI is InChI=1S/C41H31N3S/c1-40(2)33-27-30(25-26-37(33)44-38-24-14-11-21-34(38)42-39(44)45-40)43-35-22-12-9-19-31(35)41(28-15-5-3-6-16-28,29-17-7-4-8-18-29)32-20-10-13-23-36(32)43/h3-27H,1-2H3. The van der Waals surface area contributed by atoms with Crippen LogP contribution in [0.5, 0.6) is 0 Å². The molecule has 0 spiro atoms. The third-order valence-corrected chi connectivity index (χ3v) is 10.7. The highest BCUT2D eigenvalue weighted by Gasteiger charge is 2.46. The number of rotatable bonds is 3. The van der Waals surface area contributed by atoms with Crippen LogP contribution in [0.3, 0.4) is 0 Å². The monoisotopic (exact) mass is 597 g/mol. The van der Waals surface area contributed by atoms with E-state index in [2.05, 4.69) is 175 Å². The van der Waals surface area contributed by atoms with Crippen molar-refractivity contribution in [3.05, 3.63) is 179 Å². The summed E-state index contributed by atoms with van der Waals surface area (Å²) >= 11 is 1.84. The lowest BCUT2D eigenvalue weighted by Crippen LogP contribution is -2.37. The van der Waals surface area contributed by atoms with Crippen LogP contribution >= 0.6 is 11.8 Å². The average Bonchev–Trinajstić information content (AvgIpc) is 3.45. The summed E-state index contributed by atoms with van der Waals surface area (Å²) in [6.45, 7) is 4.63. The van der Waals surface area contributed by atoms with E-state index in [0.29, 0.717) is 0 Å². The summed E-state index contributed by atoms with van der Waals surface area (Å²) in [5.41, 5.74) is 12.8. The molecule has 2 aliphatic rings. The number of thioether (sulfide) groups is 1. The maximum absolute atomic E-state index is 5.01. The molecule has 0 fully saturated rings. The van der Waals surface area contributed by atoms with Gasteiger partial charge in [0.25, 0.3) is 0 Å². The minimum atomic E-state index is -0.472.